The first-order valence-corrected chi connectivity index (χ1v) is 5.61. The van der Waals surface area contributed by atoms with Crippen LogP contribution in [0.4, 0.5) is 0 Å². The highest BCUT2D eigenvalue weighted by atomic mass is 16.5. The molecule has 0 aromatic rings. The Balaban J connectivity index is 2.28. The summed E-state index contributed by atoms with van der Waals surface area (Å²) in [6.45, 7) is 2.48. The second-order valence-corrected chi connectivity index (χ2v) is 4.05. The van der Waals surface area contributed by atoms with Gasteiger partial charge in [-0.2, -0.15) is 0 Å². The van der Waals surface area contributed by atoms with E-state index in [4.69, 9.17) is 9.94 Å². The van der Waals surface area contributed by atoms with Crippen LogP contribution in [0.25, 0.3) is 0 Å². The molecule has 1 aliphatic rings. The molecule has 0 heterocycles. The van der Waals surface area contributed by atoms with Gasteiger partial charge in [0.2, 0.25) is 0 Å². The average molecular weight is 213 g/mol. The first kappa shape index (κ1) is 12.0. The van der Waals surface area contributed by atoms with Crippen LogP contribution in [0, 0.1) is 5.92 Å². The van der Waals surface area contributed by atoms with Crippen molar-refractivity contribution in [1.82, 2.24) is 0 Å². The topological polar surface area (TPSA) is 58.9 Å². The van der Waals surface area contributed by atoms with Crippen molar-refractivity contribution in [2.24, 2.45) is 11.1 Å². The van der Waals surface area contributed by atoms with Crippen molar-refractivity contribution >= 4 is 11.7 Å². The predicted molar refractivity (Wildman–Crippen MR) is 57.0 cm³/mol. The summed E-state index contributed by atoms with van der Waals surface area (Å²) in [6.07, 6.45) is 4.94. The number of carbonyl (C=O) groups excluding carboxylic acids is 1. The third kappa shape index (κ3) is 4.32. The van der Waals surface area contributed by atoms with Crippen LogP contribution in [0.1, 0.15) is 45.4 Å². The largest absolute Gasteiger partial charge is 0.466 e. The van der Waals surface area contributed by atoms with Gasteiger partial charge in [0.25, 0.3) is 0 Å². The number of ether oxygens (including phenoxy) is 1. The molecule has 0 spiro atoms. The molecule has 1 fully saturated rings. The molecule has 4 heteroatoms. The highest BCUT2D eigenvalue weighted by Crippen LogP contribution is 2.25. The van der Waals surface area contributed by atoms with Crippen LogP contribution in [0.5, 0.6) is 0 Å². The molecule has 86 valence electrons. The molecule has 1 saturated carbocycles. The Hall–Kier alpha value is -1.06. The van der Waals surface area contributed by atoms with Gasteiger partial charge in [0.15, 0.2) is 0 Å². The zero-order chi connectivity index (χ0) is 11.1. The van der Waals surface area contributed by atoms with Crippen LogP contribution in [-0.4, -0.2) is 23.5 Å². The monoisotopic (exact) mass is 213 g/mol. The van der Waals surface area contributed by atoms with E-state index in [1.54, 1.807) is 0 Å². The first-order chi connectivity index (χ1) is 7.26. The van der Waals surface area contributed by atoms with E-state index in [0.29, 0.717) is 18.9 Å². The van der Waals surface area contributed by atoms with Crippen LogP contribution in [0.15, 0.2) is 5.16 Å². The normalized spacial score (nSPS) is 24.1. The van der Waals surface area contributed by atoms with E-state index in [2.05, 4.69) is 5.16 Å². The zero-order valence-electron chi connectivity index (χ0n) is 9.24. The Morgan fingerprint density at radius 3 is 3.13 bits per heavy atom. The molecule has 0 amide bonds. The SMILES string of the molecule is CCCOC(=O)CC1CCCC(=NO)C1. The van der Waals surface area contributed by atoms with Gasteiger partial charge in [0.05, 0.1) is 12.3 Å². The van der Waals surface area contributed by atoms with Gasteiger partial charge in [0, 0.05) is 6.42 Å². The third-order valence-corrected chi connectivity index (χ3v) is 2.67. The molecule has 0 saturated heterocycles. The maximum absolute atomic E-state index is 11.3. The average Bonchev–Trinajstić information content (AvgIpc) is 2.26. The molecule has 0 bridgehead atoms. The van der Waals surface area contributed by atoms with Crippen LogP contribution in [0.2, 0.25) is 0 Å². The fraction of sp³-hybridized carbons (Fsp3) is 0.818. The maximum atomic E-state index is 11.3. The van der Waals surface area contributed by atoms with Crippen LogP contribution in [0.3, 0.4) is 0 Å². The van der Waals surface area contributed by atoms with Crippen molar-refractivity contribution in [3.05, 3.63) is 0 Å². The van der Waals surface area contributed by atoms with Gasteiger partial charge < -0.3 is 9.94 Å². The summed E-state index contributed by atoms with van der Waals surface area (Å²) in [7, 11) is 0. The fourth-order valence-electron chi connectivity index (χ4n) is 1.91. The summed E-state index contributed by atoms with van der Waals surface area (Å²) in [5.74, 6) is 0.176. The lowest BCUT2D eigenvalue weighted by atomic mass is 9.86. The summed E-state index contributed by atoms with van der Waals surface area (Å²) in [5, 5.41) is 11.9. The van der Waals surface area contributed by atoms with Gasteiger partial charge in [-0.15, -0.1) is 0 Å². The number of hydrogen-bond acceptors (Lipinski definition) is 4. The second kappa shape index (κ2) is 6.43. The van der Waals surface area contributed by atoms with E-state index in [0.717, 1.165) is 37.8 Å². The summed E-state index contributed by atoms with van der Waals surface area (Å²) < 4.78 is 5.02. The van der Waals surface area contributed by atoms with Gasteiger partial charge >= 0.3 is 5.97 Å². The molecule has 0 aromatic carbocycles. The summed E-state index contributed by atoms with van der Waals surface area (Å²) in [5.41, 5.74) is 0.814. The van der Waals surface area contributed by atoms with E-state index in [-0.39, 0.29) is 5.97 Å². The Bertz CT molecular complexity index is 238. The molecule has 0 aliphatic heterocycles. The Morgan fingerprint density at radius 2 is 2.47 bits per heavy atom. The molecule has 0 aromatic heterocycles. The standard InChI is InChI=1S/C11H19NO3/c1-2-6-15-11(13)8-9-4-3-5-10(7-9)12-14/h9,14H,2-8H2,1H3. The van der Waals surface area contributed by atoms with E-state index in [1.165, 1.54) is 0 Å². The number of oxime groups is 1. The van der Waals surface area contributed by atoms with Crippen molar-refractivity contribution < 1.29 is 14.7 Å². The first-order valence-electron chi connectivity index (χ1n) is 5.61. The lowest BCUT2D eigenvalue weighted by molar-refractivity contribution is -0.144. The minimum absolute atomic E-state index is 0.124. The van der Waals surface area contributed by atoms with Crippen molar-refractivity contribution in [3.8, 4) is 0 Å². The van der Waals surface area contributed by atoms with Crippen molar-refractivity contribution in [1.29, 1.82) is 0 Å². The Labute approximate surface area is 90.3 Å². The highest BCUT2D eigenvalue weighted by Gasteiger charge is 2.21. The number of hydrogen-bond donors (Lipinski definition) is 1. The van der Waals surface area contributed by atoms with Gasteiger partial charge in [-0.1, -0.05) is 12.1 Å². The van der Waals surface area contributed by atoms with Crippen molar-refractivity contribution in [3.63, 3.8) is 0 Å². The summed E-state index contributed by atoms with van der Waals surface area (Å²) in [4.78, 5) is 11.3. The maximum Gasteiger partial charge on any atom is 0.306 e. The molecule has 1 N–H and O–H groups in total. The molecular formula is C11H19NO3. The molecule has 1 unspecified atom stereocenters. The van der Waals surface area contributed by atoms with E-state index in [9.17, 15) is 4.79 Å². The predicted octanol–water partition coefficient (Wildman–Crippen LogP) is 2.35. The number of carbonyl (C=O) groups is 1. The van der Waals surface area contributed by atoms with Crippen LogP contribution >= 0.6 is 0 Å². The lowest BCUT2D eigenvalue weighted by Crippen LogP contribution is -2.19. The van der Waals surface area contributed by atoms with Gasteiger partial charge in [-0.3, -0.25) is 4.79 Å². The Morgan fingerprint density at radius 1 is 1.67 bits per heavy atom. The van der Waals surface area contributed by atoms with Crippen molar-refractivity contribution in [2.75, 3.05) is 6.61 Å². The second-order valence-electron chi connectivity index (χ2n) is 4.05. The number of esters is 1. The van der Waals surface area contributed by atoms with Gasteiger partial charge in [-0.25, -0.2) is 0 Å². The number of nitrogens with zero attached hydrogens (tertiary/aromatic N) is 1. The van der Waals surface area contributed by atoms with E-state index < -0.39 is 0 Å². The highest BCUT2D eigenvalue weighted by molar-refractivity contribution is 5.85. The molecule has 1 aliphatic carbocycles. The van der Waals surface area contributed by atoms with Crippen LogP contribution in [-0.2, 0) is 9.53 Å². The molecule has 0 radical (unpaired) electrons. The lowest BCUT2D eigenvalue weighted by Gasteiger charge is -2.21. The van der Waals surface area contributed by atoms with Crippen molar-refractivity contribution in [2.45, 2.75) is 45.4 Å². The quantitative estimate of drug-likeness (QED) is 0.443. The number of rotatable bonds is 4. The fourth-order valence-corrected chi connectivity index (χ4v) is 1.91. The Kier molecular flexibility index (Phi) is 5.15. The molecule has 4 nitrogen and oxygen atoms in total. The molecule has 1 atom stereocenters. The van der Waals surface area contributed by atoms with Crippen LogP contribution < -0.4 is 0 Å². The van der Waals surface area contributed by atoms with E-state index in [1.807, 2.05) is 6.92 Å². The summed E-state index contributed by atoms with van der Waals surface area (Å²) >= 11 is 0. The van der Waals surface area contributed by atoms with E-state index >= 15 is 0 Å². The molecule has 15 heavy (non-hydrogen) atoms. The molecular weight excluding hydrogens is 194 g/mol. The van der Waals surface area contributed by atoms with Gasteiger partial charge in [0.1, 0.15) is 0 Å². The third-order valence-electron chi connectivity index (χ3n) is 2.67. The zero-order valence-corrected chi connectivity index (χ0v) is 9.24. The summed E-state index contributed by atoms with van der Waals surface area (Å²) in [6, 6.07) is 0. The molecule has 1 rings (SSSR count). The smallest absolute Gasteiger partial charge is 0.306 e. The minimum atomic E-state index is -0.124. The van der Waals surface area contributed by atoms with Gasteiger partial charge in [-0.05, 0) is 38.0 Å². The minimum Gasteiger partial charge on any atom is -0.466 e.